The Bertz CT molecular complexity index is 1300. The van der Waals surface area contributed by atoms with Crippen LogP contribution in [0.1, 0.15) is 51.2 Å². The predicted molar refractivity (Wildman–Crippen MR) is 139 cm³/mol. The standard InChI is InChI=1S/C28H36N6O/c1-17-8-9-26-18(2)10-23(32-14-20(4)31(7)21(5)15-32)16-33(26)28(35)11-24(17)25-12-27-22(6)29-19(3)13-34(27)30-25/h9-13,16-17,20-21H,8,14-15H2,1-7H3. The zero-order valence-electron chi connectivity index (χ0n) is 21.9. The number of piperazine rings is 1. The van der Waals surface area contributed by atoms with Crippen LogP contribution in [0.5, 0.6) is 0 Å². The lowest BCUT2D eigenvalue weighted by molar-refractivity contribution is -0.122. The number of carbonyl (C=O) groups excluding carboxylic acids is 1. The minimum absolute atomic E-state index is 0.0268. The first-order valence-corrected chi connectivity index (χ1v) is 12.6. The summed E-state index contributed by atoms with van der Waals surface area (Å²) in [6, 6.07) is 2.97. The second-order valence-corrected chi connectivity index (χ2v) is 10.5. The Hall–Kier alpha value is -3.19. The highest BCUT2D eigenvalue weighted by molar-refractivity contribution is 5.98. The van der Waals surface area contributed by atoms with Crippen LogP contribution in [0.25, 0.3) is 11.1 Å². The topological polar surface area (TPSA) is 57.0 Å². The van der Waals surface area contributed by atoms with Crippen LogP contribution in [0.4, 0.5) is 0 Å². The molecule has 35 heavy (non-hydrogen) atoms. The van der Waals surface area contributed by atoms with E-state index in [9.17, 15) is 4.79 Å². The molecule has 5 rings (SSSR count). The van der Waals surface area contributed by atoms with E-state index in [0.29, 0.717) is 12.1 Å². The van der Waals surface area contributed by atoms with Gasteiger partial charge in [-0.05, 0) is 77.3 Å². The smallest absolute Gasteiger partial charge is 0.255 e. The van der Waals surface area contributed by atoms with E-state index >= 15 is 0 Å². The molecule has 1 saturated heterocycles. The Morgan fingerprint density at radius 2 is 1.74 bits per heavy atom. The highest BCUT2D eigenvalue weighted by Crippen LogP contribution is 2.34. The van der Waals surface area contributed by atoms with Gasteiger partial charge in [0.05, 0.1) is 34.5 Å². The van der Waals surface area contributed by atoms with Crippen LogP contribution in [0.3, 0.4) is 0 Å². The van der Waals surface area contributed by atoms with Gasteiger partial charge in [0.15, 0.2) is 0 Å². The molecule has 5 heterocycles. The molecule has 184 valence electrons. The molecule has 0 aliphatic carbocycles. The molecule has 0 N–H and O–H groups in total. The van der Waals surface area contributed by atoms with Crippen LogP contribution in [0, 0.1) is 19.8 Å². The zero-order chi connectivity index (χ0) is 25.0. The molecule has 1 amide bonds. The van der Waals surface area contributed by atoms with Gasteiger partial charge in [0.1, 0.15) is 0 Å². The molecule has 0 radical (unpaired) electrons. The van der Waals surface area contributed by atoms with E-state index in [2.05, 4.69) is 67.7 Å². The summed E-state index contributed by atoms with van der Waals surface area (Å²) in [6.07, 6.45) is 11.0. The molecule has 3 aliphatic heterocycles. The van der Waals surface area contributed by atoms with Gasteiger partial charge in [-0.1, -0.05) is 13.0 Å². The maximum absolute atomic E-state index is 13.7. The quantitative estimate of drug-likeness (QED) is 0.652. The van der Waals surface area contributed by atoms with Gasteiger partial charge in [0.25, 0.3) is 5.91 Å². The van der Waals surface area contributed by atoms with E-state index in [4.69, 9.17) is 5.10 Å². The number of hydrogen-bond donors (Lipinski definition) is 0. The minimum Gasteiger partial charge on any atom is -0.367 e. The largest absolute Gasteiger partial charge is 0.367 e. The van der Waals surface area contributed by atoms with Crippen molar-refractivity contribution in [2.75, 3.05) is 20.1 Å². The Balaban J connectivity index is 1.51. The molecule has 0 spiro atoms. The van der Waals surface area contributed by atoms with E-state index in [1.807, 2.05) is 35.7 Å². The average molecular weight is 473 g/mol. The van der Waals surface area contributed by atoms with Crippen LogP contribution in [-0.2, 0) is 4.79 Å². The third-order valence-electron chi connectivity index (χ3n) is 7.78. The summed E-state index contributed by atoms with van der Waals surface area (Å²) in [5.74, 6) is 0.145. The fraction of sp³-hybridized carbons (Fsp3) is 0.464. The fourth-order valence-corrected chi connectivity index (χ4v) is 5.47. The Labute approximate surface area is 208 Å². The Kier molecular flexibility index (Phi) is 5.91. The molecule has 2 aromatic rings. The molecule has 2 aromatic heterocycles. The minimum atomic E-state index is -0.0268. The molecule has 0 aromatic carbocycles. The lowest BCUT2D eigenvalue weighted by atomic mass is 9.91. The highest BCUT2D eigenvalue weighted by atomic mass is 16.2. The van der Waals surface area contributed by atoms with Gasteiger partial charge in [0.2, 0.25) is 0 Å². The Morgan fingerprint density at radius 1 is 1.03 bits per heavy atom. The van der Waals surface area contributed by atoms with Crippen LogP contribution in [0.2, 0.25) is 0 Å². The first kappa shape index (κ1) is 23.5. The van der Waals surface area contributed by atoms with Gasteiger partial charge in [-0.2, -0.15) is 5.10 Å². The molecule has 3 unspecified atom stereocenters. The molecular formula is C28H36N6O. The fourth-order valence-electron chi connectivity index (χ4n) is 5.47. The van der Waals surface area contributed by atoms with Crippen molar-refractivity contribution >= 4 is 17.0 Å². The number of fused-ring (bicyclic) bond motifs is 2. The van der Waals surface area contributed by atoms with E-state index in [1.165, 1.54) is 0 Å². The lowest BCUT2D eigenvalue weighted by Crippen LogP contribution is -2.54. The zero-order valence-corrected chi connectivity index (χ0v) is 21.9. The summed E-state index contributed by atoms with van der Waals surface area (Å²) in [6.45, 7) is 14.7. The summed E-state index contributed by atoms with van der Waals surface area (Å²) in [5.41, 5.74) is 7.87. The van der Waals surface area contributed by atoms with Gasteiger partial charge in [0, 0.05) is 43.1 Å². The second kappa shape index (κ2) is 8.79. The maximum Gasteiger partial charge on any atom is 0.255 e. The van der Waals surface area contributed by atoms with E-state index in [1.54, 1.807) is 6.08 Å². The second-order valence-electron chi connectivity index (χ2n) is 10.5. The average Bonchev–Trinajstić information content (AvgIpc) is 3.22. The first-order valence-electron chi connectivity index (χ1n) is 12.6. The molecule has 0 saturated carbocycles. The molecular weight excluding hydrogens is 436 g/mol. The number of hydrogen-bond acceptors (Lipinski definition) is 5. The number of likely N-dealkylation sites (N-methyl/N-ethyl adjacent to an activating group) is 1. The van der Waals surface area contributed by atoms with Crippen LogP contribution in [0.15, 0.2) is 53.7 Å². The summed E-state index contributed by atoms with van der Waals surface area (Å²) >= 11 is 0. The van der Waals surface area contributed by atoms with Crippen molar-refractivity contribution in [2.45, 2.75) is 60.0 Å². The van der Waals surface area contributed by atoms with Crippen molar-refractivity contribution in [2.24, 2.45) is 5.92 Å². The van der Waals surface area contributed by atoms with Crippen molar-refractivity contribution in [3.8, 4) is 0 Å². The van der Waals surface area contributed by atoms with E-state index < -0.39 is 0 Å². The number of carbonyl (C=O) groups is 1. The monoisotopic (exact) mass is 472 g/mol. The van der Waals surface area contributed by atoms with Crippen molar-refractivity contribution < 1.29 is 4.79 Å². The molecule has 3 atom stereocenters. The first-order chi connectivity index (χ1) is 16.6. The molecule has 1 fully saturated rings. The summed E-state index contributed by atoms with van der Waals surface area (Å²) in [7, 11) is 2.19. The maximum atomic E-state index is 13.7. The Morgan fingerprint density at radius 3 is 2.46 bits per heavy atom. The normalized spacial score (nSPS) is 26.0. The van der Waals surface area contributed by atoms with Crippen LogP contribution in [-0.4, -0.2) is 67.4 Å². The van der Waals surface area contributed by atoms with Crippen molar-refractivity contribution in [1.29, 1.82) is 0 Å². The van der Waals surface area contributed by atoms with Crippen LogP contribution >= 0.6 is 0 Å². The van der Waals surface area contributed by atoms with Gasteiger partial charge in [-0.3, -0.25) is 19.6 Å². The number of allylic oxidation sites excluding steroid dienone is 4. The third-order valence-corrected chi connectivity index (χ3v) is 7.78. The van der Waals surface area contributed by atoms with Gasteiger partial charge in [-0.25, -0.2) is 4.52 Å². The number of aryl methyl sites for hydroxylation is 2. The summed E-state index contributed by atoms with van der Waals surface area (Å²) < 4.78 is 1.88. The number of rotatable bonds is 2. The summed E-state index contributed by atoms with van der Waals surface area (Å²) in [4.78, 5) is 24.9. The van der Waals surface area contributed by atoms with Crippen LogP contribution < -0.4 is 0 Å². The van der Waals surface area contributed by atoms with Crippen molar-refractivity contribution in [3.05, 3.63) is 70.7 Å². The van der Waals surface area contributed by atoms with E-state index in [-0.39, 0.29) is 11.8 Å². The van der Waals surface area contributed by atoms with Gasteiger partial charge in [-0.15, -0.1) is 0 Å². The predicted octanol–water partition coefficient (Wildman–Crippen LogP) is 4.31. The van der Waals surface area contributed by atoms with Crippen molar-refractivity contribution in [1.82, 2.24) is 29.3 Å². The SMILES string of the molecule is CC1=CC(N2CC(C)N(C)C(C)C2)=CN2C(=O)C=C(c3cc4c(C)nc(C)cn4n3)C(C)CC=C12. The van der Waals surface area contributed by atoms with E-state index in [0.717, 1.165) is 64.6 Å². The van der Waals surface area contributed by atoms with Crippen molar-refractivity contribution in [3.63, 3.8) is 0 Å². The number of aromatic nitrogens is 3. The third kappa shape index (κ3) is 4.22. The number of nitrogens with zero attached hydrogens (tertiary/aromatic N) is 6. The number of amides is 1. The molecule has 7 heteroatoms. The summed E-state index contributed by atoms with van der Waals surface area (Å²) in [5, 5.41) is 4.82. The molecule has 7 nitrogen and oxygen atoms in total. The van der Waals surface area contributed by atoms with Gasteiger partial charge < -0.3 is 4.90 Å². The lowest BCUT2D eigenvalue weighted by Gasteiger charge is -2.45. The molecule has 3 aliphatic rings. The van der Waals surface area contributed by atoms with Gasteiger partial charge >= 0.3 is 0 Å². The highest BCUT2D eigenvalue weighted by Gasteiger charge is 2.31. The molecule has 0 bridgehead atoms.